The van der Waals surface area contributed by atoms with Crippen molar-refractivity contribution in [2.75, 3.05) is 13.2 Å². The Labute approximate surface area is 117 Å². The summed E-state index contributed by atoms with van der Waals surface area (Å²) < 4.78 is 5.82. The van der Waals surface area contributed by atoms with Crippen LogP contribution in [0.15, 0.2) is 12.1 Å². The standard InChI is InChI=1S/C16H27NO2/c1-12(2)17-11-15-9-13(3)16(14(4)10-15)19-8-6-5-7-18/h9-10,12,17-18H,5-8,11H2,1-4H3. The van der Waals surface area contributed by atoms with Crippen molar-refractivity contribution in [3.8, 4) is 5.75 Å². The summed E-state index contributed by atoms with van der Waals surface area (Å²) in [6.07, 6.45) is 1.69. The Balaban J connectivity index is 2.63. The second-order valence-corrected chi connectivity index (χ2v) is 5.37. The minimum absolute atomic E-state index is 0.237. The molecule has 1 rings (SSSR count). The number of hydrogen-bond donors (Lipinski definition) is 2. The van der Waals surface area contributed by atoms with Crippen LogP contribution in [0.4, 0.5) is 0 Å². The van der Waals surface area contributed by atoms with Gasteiger partial charge in [-0.1, -0.05) is 26.0 Å². The Morgan fingerprint density at radius 2 is 1.79 bits per heavy atom. The molecule has 3 heteroatoms. The number of benzene rings is 1. The third-order valence-corrected chi connectivity index (χ3v) is 3.03. The lowest BCUT2D eigenvalue weighted by Gasteiger charge is -2.15. The quantitative estimate of drug-likeness (QED) is 0.710. The van der Waals surface area contributed by atoms with E-state index < -0.39 is 0 Å². The maximum absolute atomic E-state index is 8.75. The summed E-state index contributed by atoms with van der Waals surface area (Å²) in [4.78, 5) is 0. The lowest BCUT2D eigenvalue weighted by Crippen LogP contribution is -2.21. The van der Waals surface area contributed by atoms with Crippen LogP contribution in [0.25, 0.3) is 0 Å². The van der Waals surface area contributed by atoms with Gasteiger partial charge in [-0.2, -0.15) is 0 Å². The molecule has 0 atom stereocenters. The van der Waals surface area contributed by atoms with Crippen LogP contribution < -0.4 is 10.1 Å². The summed E-state index contributed by atoms with van der Waals surface area (Å²) in [5.41, 5.74) is 3.67. The predicted octanol–water partition coefficient (Wildman–Crippen LogP) is 2.95. The zero-order valence-corrected chi connectivity index (χ0v) is 12.6. The number of aliphatic hydroxyl groups excluding tert-OH is 1. The highest BCUT2D eigenvalue weighted by atomic mass is 16.5. The van der Waals surface area contributed by atoms with Gasteiger partial charge in [0.05, 0.1) is 6.61 Å². The molecule has 0 aromatic heterocycles. The average molecular weight is 265 g/mol. The Hall–Kier alpha value is -1.06. The smallest absolute Gasteiger partial charge is 0.125 e. The highest BCUT2D eigenvalue weighted by Gasteiger charge is 2.06. The van der Waals surface area contributed by atoms with Crippen molar-refractivity contribution in [3.05, 3.63) is 28.8 Å². The van der Waals surface area contributed by atoms with Gasteiger partial charge in [0, 0.05) is 19.2 Å². The van der Waals surface area contributed by atoms with Gasteiger partial charge in [0.1, 0.15) is 5.75 Å². The zero-order valence-electron chi connectivity index (χ0n) is 12.6. The number of aliphatic hydroxyl groups is 1. The van der Waals surface area contributed by atoms with Crippen molar-refractivity contribution in [3.63, 3.8) is 0 Å². The summed E-state index contributed by atoms with van der Waals surface area (Å²) in [6.45, 7) is 10.3. The first-order valence-corrected chi connectivity index (χ1v) is 7.11. The molecule has 0 radical (unpaired) electrons. The summed E-state index contributed by atoms with van der Waals surface area (Å²) in [5.74, 6) is 0.992. The fourth-order valence-corrected chi connectivity index (χ4v) is 2.08. The van der Waals surface area contributed by atoms with Crippen molar-refractivity contribution < 1.29 is 9.84 Å². The van der Waals surface area contributed by atoms with E-state index in [1.807, 2.05) is 0 Å². The second kappa shape index (κ2) is 8.18. The van der Waals surface area contributed by atoms with Crippen LogP contribution in [0, 0.1) is 13.8 Å². The van der Waals surface area contributed by atoms with Gasteiger partial charge in [-0.25, -0.2) is 0 Å². The van der Waals surface area contributed by atoms with Gasteiger partial charge in [0.25, 0.3) is 0 Å². The number of ether oxygens (including phenoxy) is 1. The third-order valence-electron chi connectivity index (χ3n) is 3.03. The number of hydrogen-bond acceptors (Lipinski definition) is 3. The topological polar surface area (TPSA) is 41.5 Å². The normalized spacial score (nSPS) is 11.1. The van der Waals surface area contributed by atoms with Crippen molar-refractivity contribution >= 4 is 0 Å². The predicted molar refractivity (Wildman–Crippen MR) is 79.7 cm³/mol. The van der Waals surface area contributed by atoms with Gasteiger partial charge in [-0.15, -0.1) is 0 Å². The second-order valence-electron chi connectivity index (χ2n) is 5.37. The van der Waals surface area contributed by atoms with Crippen LogP contribution in [0.2, 0.25) is 0 Å². The molecule has 3 nitrogen and oxygen atoms in total. The molecule has 2 N–H and O–H groups in total. The SMILES string of the molecule is Cc1cc(CNC(C)C)cc(C)c1OCCCCO. The monoisotopic (exact) mass is 265 g/mol. The van der Waals surface area contributed by atoms with Crippen LogP contribution in [0.5, 0.6) is 5.75 Å². The van der Waals surface area contributed by atoms with Gasteiger partial charge in [0.2, 0.25) is 0 Å². The molecule has 19 heavy (non-hydrogen) atoms. The minimum Gasteiger partial charge on any atom is -0.493 e. The molecule has 0 aliphatic carbocycles. The van der Waals surface area contributed by atoms with E-state index in [-0.39, 0.29) is 6.61 Å². The van der Waals surface area contributed by atoms with Crippen LogP contribution in [-0.4, -0.2) is 24.4 Å². The van der Waals surface area contributed by atoms with Crippen molar-refractivity contribution in [2.24, 2.45) is 0 Å². The van der Waals surface area contributed by atoms with Gasteiger partial charge < -0.3 is 15.2 Å². The van der Waals surface area contributed by atoms with Crippen molar-refractivity contribution in [1.82, 2.24) is 5.32 Å². The largest absolute Gasteiger partial charge is 0.493 e. The molecule has 0 amide bonds. The summed E-state index contributed by atoms with van der Waals surface area (Å²) in [5, 5.41) is 12.2. The first kappa shape index (κ1) is 16.0. The maximum Gasteiger partial charge on any atom is 0.125 e. The molecule has 0 saturated heterocycles. The van der Waals surface area contributed by atoms with E-state index in [4.69, 9.17) is 9.84 Å². The third kappa shape index (κ3) is 5.62. The molecule has 0 fully saturated rings. The van der Waals surface area contributed by atoms with E-state index in [9.17, 15) is 0 Å². The van der Waals surface area contributed by atoms with Crippen LogP contribution in [-0.2, 0) is 6.54 Å². The molecule has 0 aliphatic heterocycles. The van der Waals surface area contributed by atoms with Gasteiger partial charge in [-0.3, -0.25) is 0 Å². The molecular weight excluding hydrogens is 238 g/mol. The average Bonchev–Trinajstić information content (AvgIpc) is 2.34. The minimum atomic E-state index is 0.237. The molecular formula is C16H27NO2. The molecule has 1 aromatic rings. The highest BCUT2D eigenvalue weighted by molar-refractivity contribution is 5.43. The van der Waals surface area contributed by atoms with E-state index in [0.29, 0.717) is 12.6 Å². The fraction of sp³-hybridized carbons (Fsp3) is 0.625. The lowest BCUT2D eigenvalue weighted by atomic mass is 10.1. The fourth-order valence-electron chi connectivity index (χ4n) is 2.08. The number of aryl methyl sites for hydroxylation is 2. The van der Waals surface area contributed by atoms with E-state index >= 15 is 0 Å². The van der Waals surface area contributed by atoms with E-state index in [2.05, 4.69) is 45.1 Å². The summed E-state index contributed by atoms with van der Waals surface area (Å²) in [7, 11) is 0. The molecule has 0 spiro atoms. The van der Waals surface area contributed by atoms with E-state index in [1.165, 1.54) is 16.7 Å². The van der Waals surface area contributed by atoms with Gasteiger partial charge >= 0.3 is 0 Å². The van der Waals surface area contributed by atoms with Crippen molar-refractivity contribution in [1.29, 1.82) is 0 Å². The van der Waals surface area contributed by atoms with Crippen LogP contribution in [0.1, 0.15) is 43.4 Å². The summed E-state index contributed by atoms with van der Waals surface area (Å²) in [6, 6.07) is 4.86. The Kier molecular flexibility index (Phi) is 6.89. The molecule has 1 aromatic carbocycles. The number of nitrogens with one attached hydrogen (secondary N) is 1. The Bertz CT molecular complexity index is 365. The molecule has 0 saturated carbocycles. The maximum atomic E-state index is 8.75. The van der Waals surface area contributed by atoms with E-state index in [1.54, 1.807) is 0 Å². The van der Waals surface area contributed by atoms with Gasteiger partial charge in [-0.05, 0) is 43.4 Å². The van der Waals surface area contributed by atoms with Crippen LogP contribution >= 0.6 is 0 Å². The highest BCUT2D eigenvalue weighted by Crippen LogP contribution is 2.25. The number of unbranched alkanes of at least 4 members (excludes halogenated alkanes) is 1. The van der Waals surface area contributed by atoms with E-state index in [0.717, 1.165) is 25.1 Å². The first-order chi connectivity index (χ1) is 9.04. The number of rotatable bonds is 8. The summed E-state index contributed by atoms with van der Waals surface area (Å²) >= 11 is 0. The molecule has 0 aliphatic rings. The first-order valence-electron chi connectivity index (χ1n) is 7.11. The van der Waals surface area contributed by atoms with Crippen molar-refractivity contribution in [2.45, 2.75) is 53.1 Å². The zero-order chi connectivity index (χ0) is 14.3. The van der Waals surface area contributed by atoms with Crippen LogP contribution in [0.3, 0.4) is 0 Å². The Morgan fingerprint density at radius 3 is 2.32 bits per heavy atom. The van der Waals surface area contributed by atoms with Gasteiger partial charge in [0.15, 0.2) is 0 Å². The molecule has 108 valence electrons. The molecule has 0 unspecified atom stereocenters. The molecule has 0 heterocycles. The Morgan fingerprint density at radius 1 is 1.16 bits per heavy atom. The molecule has 0 bridgehead atoms. The lowest BCUT2D eigenvalue weighted by molar-refractivity contribution is 0.252.